The third kappa shape index (κ3) is 1.69. The second-order valence-corrected chi connectivity index (χ2v) is 5.50. The zero-order valence-corrected chi connectivity index (χ0v) is 11.0. The Morgan fingerprint density at radius 3 is 2.44 bits per heavy atom. The molecule has 1 aromatic rings. The first-order valence-corrected chi connectivity index (χ1v) is 6.62. The molecule has 1 N–H and O–H groups in total. The lowest BCUT2D eigenvalue weighted by atomic mass is 9.99. The molecular formula is C15H20O3. The molecule has 0 heterocycles. The zero-order chi connectivity index (χ0) is 12.8. The van der Waals surface area contributed by atoms with Crippen molar-refractivity contribution in [1.82, 2.24) is 0 Å². The van der Waals surface area contributed by atoms with Crippen molar-refractivity contribution < 1.29 is 14.6 Å². The lowest BCUT2D eigenvalue weighted by molar-refractivity contribution is 0.106. The van der Waals surface area contributed by atoms with E-state index >= 15 is 0 Å². The number of benzene rings is 1. The number of hydrogen-bond donors (Lipinski definition) is 1. The van der Waals surface area contributed by atoms with Gasteiger partial charge >= 0.3 is 0 Å². The van der Waals surface area contributed by atoms with Gasteiger partial charge in [-0.1, -0.05) is 12.5 Å². The molecule has 0 spiro atoms. The van der Waals surface area contributed by atoms with Crippen LogP contribution in [-0.2, 0) is 6.42 Å². The van der Waals surface area contributed by atoms with E-state index in [2.05, 4.69) is 0 Å². The highest BCUT2D eigenvalue weighted by Crippen LogP contribution is 2.61. The number of ether oxygens (including phenoxy) is 2. The summed E-state index contributed by atoms with van der Waals surface area (Å²) in [7, 11) is 3.28. The van der Waals surface area contributed by atoms with Gasteiger partial charge in [-0.05, 0) is 42.4 Å². The van der Waals surface area contributed by atoms with Crippen LogP contribution in [0, 0.1) is 11.8 Å². The summed E-state index contributed by atoms with van der Waals surface area (Å²) in [6.45, 7) is 0. The minimum Gasteiger partial charge on any atom is -0.493 e. The van der Waals surface area contributed by atoms with Gasteiger partial charge in [0.2, 0.25) is 0 Å². The van der Waals surface area contributed by atoms with Gasteiger partial charge in [-0.3, -0.25) is 0 Å². The summed E-state index contributed by atoms with van der Waals surface area (Å²) < 4.78 is 10.5. The lowest BCUT2D eigenvalue weighted by Gasteiger charge is -2.15. The smallest absolute Gasteiger partial charge is 0.160 e. The van der Waals surface area contributed by atoms with Gasteiger partial charge in [0.15, 0.2) is 11.5 Å². The molecule has 1 aromatic carbocycles. The monoisotopic (exact) mass is 248 g/mol. The Balaban J connectivity index is 1.77. The summed E-state index contributed by atoms with van der Waals surface area (Å²) in [6.07, 6.45) is 4.40. The highest BCUT2D eigenvalue weighted by molar-refractivity contribution is 5.43. The van der Waals surface area contributed by atoms with Gasteiger partial charge < -0.3 is 14.6 Å². The van der Waals surface area contributed by atoms with Crippen molar-refractivity contribution >= 4 is 0 Å². The van der Waals surface area contributed by atoms with E-state index in [1.807, 2.05) is 18.2 Å². The lowest BCUT2D eigenvalue weighted by Crippen LogP contribution is -2.19. The molecule has 18 heavy (non-hydrogen) atoms. The largest absolute Gasteiger partial charge is 0.493 e. The second-order valence-electron chi connectivity index (χ2n) is 5.50. The molecule has 0 amide bonds. The predicted octanol–water partition coefficient (Wildman–Crippen LogP) is 2.41. The van der Waals surface area contributed by atoms with Crippen molar-refractivity contribution in [3.05, 3.63) is 23.8 Å². The molecule has 0 radical (unpaired) electrons. The highest BCUT2D eigenvalue weighted by atomic mass is 16.5. The zero-order valence-electron chi connectivity index (χ0n) is 11.0. The van der Waals surface area contributed by atoms with Crippen molar-refractivity contribution in [2.24, 2.45) is 11.8 Å². The number of hydrogen-bond acceptors (Lipinski definition) is 3. The van der Waals surface area contributed by atoms with Crippen LogP contribution in [0.5, 0.6) is 11.5 Å². The molecule has 0 saturated heterocycles. The molecule has 0 aliphatic heterocycles. The average molecular weight is 248 g/mol. The van der Waals surface area contributed by atoms with Crippen molar-refractivity contribution in [3.8, 4) is 11.5 Å². The average Bonchev–Trinajstić information content (AvgIpc) is 2.80. The van der Waals surface area contributed by atoms with Crippen LogP contribution in [0.3, 0.4) is 0 Å². The quantitative estimate of drug-likeness (QED) is 0.889. The molecule has 0 bridgehead atoms. The second kappa shape index (κ2) is 4.16. The number of rotatable bonds is 4. The van der Waals surface area contributed by atoms with E-state index in [0.29, 0.717) is 11.8 Å². The SMILES string of the molecule is COc1ccc(CC2(O)C3CCCC32)cc1OC. The molecule has 2 unspecified atom stereocenters. The maximum Gasteiger partial charge on any atom is 0.160 e. The summed E-state index contributed by atoms with van der Waals surface area (Å²) in [5.41, 5.74) is 0.683. The third-order valence-electron chi connectivity index (χ3n) is 4.63. The highest BCUT2D eigenvalue weighted by Gasteiger charge is 2.64. The fourth-order valence-electron chi connectivity index (χ4n) is 3.63. The molecule has 2 aliphatic rings. The molecule has 3 nitrogen and oxygen atoms in total. The summed E-state index contributed by atoms with van der Waals surface area (Å²) >= 11 is 0. The summed E-state index contributed by atoms with van der Waals surface area (Å²) in [4.78, 5) is 0. The van der Waals surface area contributed by atoms with E-state index in [1.165, 1.54) is 19.3 Å². The van der Waals surface area contributed by atoms with Gasteiger partial charge in [-0.2, -0.15) is 0 Å². The molecule has 2 aliphatic carbocycles. The normalized spacial score (nSPS) is 33.1. The van der Waals surface area contributed by atoms with Crippen LogP contribution in [0.25, 0.3) is 0 Å². The van der Waals surface area contributed by atoms with Crippen molar-refractivity contribution in [2.45, 2.75) is 31.3 Å². The van der Waals surface area contributed by atoms with Crippen LogP contribution in [0.1, 0.15) is 24.8 Å². The first-order chi connectivity index (χ1) is 8.69. The number of methoxy groups -OCH3 is 2. The fraction of sp³-hybridized carbons (Fsp3) is 0.600. The van der Waals surface area contributed by atoms with Gasteiger partial charge in [-0.15, -0.1) is 0 Å². The number of fused-ring (bicyclic) bond motifs is 1. The van der Waals surface area contributed by atoms with Crippen LogP contribution in [0.4, 0.5) is 0 Å². The molecule has 3 heteroatoms. The summed E-state index contributed by atoms with van der Waals surface area (Å²) in [5.74, 6) is 2.55. The van der Waals surface area contributed by atoms with Crippen molar-refractivity contribution in [3.63, 3.8) is 0 Å². The first-order valence-electron chi connectivity index (χ1n) is 6.62. The Bertz CT molecular complexity index is 445. The van der Waals surface area contributed by atoms with Gasteiger partial charge in [-0.25, -0.2) is 0 Å². The Kier molecular flexibility index (Phi) is 2.74. The van der Waals surface area contributed by atoms with E-state index in [9.17, 15) is 5.11 Å². The van der Waals surface area contributed by atoms with Crippen LogP contribution in [0.2, 0.25) is 0 Å². The van der Waals surface area contributed by atoms with Crippen LogP contribution < -0.4 is 9.47 Å². The van der Waals surface area contributed by atoms with Gasteiger partial charge in [0.05, 0.1) is 19.8 Å². The Morgan fingerprint density at radius 1 is 1.17 bits per heavy atom. The van der Waals surface area contributed by atoms with Crippen LogP contribution >= 0.6 is 0 Å². The van der Waals surface area contributed by atoms with E-state index in [-0.39, 0.29) is 0 Å². The standard InChI is InChI=1S/C15H20O3/c1-17-13-7-6-10(8-14(13)18-2)9-15(16)11-4-3-5-12(11)15/h6-8,11-12,16H,3-5,9H2,1-2H3. The molecule has 2 saturated carbocycles. The van der Waals surface area contributed by atoms with Crippen LogP contribution in [0.15, 0.2) is 18.2 Å². The number of aliphatic hydroxyl groups is 1. The Hall–Kier alpha value is -1.22. The topological polar surface area (TPSA) is 38.7 Å². The van der Waals surface area contributed by atoms with E-state index in [1.54, 1.807) is 14.2 Å². The molecule has 98 valence electrons. The van der Waals surface area contributed by atoms with Crippen LogP contribution in [-0.4, -0.2) is 24.9 Å². The Morgan fingerprint density at radius 2 is 1.83 bits per heavy atom. The Labute approximate surface area is 108 Å². The molecule has 3 rings (SSSR count). The molecule has 2 fully saturated rings. The maximum absolute atomic E-state index is 10.6. The summed E-state index contributed by atoms with van der Waals surface area (Å²) in [5, 5.41) is 10.6. The van der Waals surface area contributed by atoms with E-state index in [4.69, 9.17) is 9.47 Å². The van der Waals surface area contributed by atoms with Gasteiger partial charge in [0.25, 0.3) is 0 Å². The molecule has 0 aromatic heterocycles. The van der Waals surface area contributed by atoms with E-state index < -0.39 is 5.60 Å². The van der Waals surface area contributed by atoms with Crippen molar-refractivity contribution in [1.29, 1.82) is 0 Å². The first kappa shape index (κ1) is 11.8. The minimum absolute atomic E-state index is 0.447. The van der Waals surface area contributed by atoms with Crippen molar-refractivity contribution in [2.75, 3.05) is 14.2 Å². The maximum atomic E-state index is 10.6. The van der Waals surface area contributed by atoms with Gasteiger partial charge in [0, 0.05) is 6.42 Å². The fourth-order valence-corrected chi connectivity index (χ4v) is 3.63. The summed E-state index contributed by atoms with van der Waals surface area (Å²) in [6, 6.07) is 5.91. The van der Waals surface area contributed by atoms with E-state index in [0.717, 1.165) is 23.5 Å². The minimum atomic E-state index is -0.447. The third-order valence-corrected chi connectivity index (χ3v) is 4.63. The predicted molar refractivity (Wildman–Crippen MR) is 69.0 cm³/mol. The molecular weight excluding hydrogens is 228 g/mol. The molecule has 2 atom stereocenters. The van der Waals surface area contributed by atoms with Gasteiger partial charge in [0.1, 0.15) is 0 Å².